The van der Waals surface area contributed by atoms with Crippen molar-refractivity contribution in [1.29, 1.82) is 0 Å². The number of hydrogen-bond acceptors (Lipinski definition) is 6. The topological polar surface area (TPSA) is 86.2 Å². The van der Waals surface area contributed by atoms with E-state index in [4.69, 9.17) is 4.74 Å². The standard InChI is InChI=1S/C18H23FN2O4S/c1-5-25-17(22)14-15(11(2)3)20-18(26(4,23)24)21-16(14)12-7-6-8-13(19)10-9-12/h7,9-11,13H,5-6,8H2,1-4H3. The molecule has 1 aliphatic carbocycles. The van der Waals surface area contributed by atoms with Crippen molar-refractivity contribution in [2.75, 3.05) is 12.9 Å². The van der Waals surface area contributed by atoms with E-state index in [-0.39, 0.29) is 28.9 Å². The lowest BCUT2D eigenvalue weighted by Gasteiger charge is -2.16. The summed E-state index contributed by atoms with van der Waals surface area (Å²) in [7, 11) is -3.69. The van der Waals surface area contributed by atoms with Gasteiger partial charge in [-0.1, -0.05) is 32.1 Å². The number of nitrogens with zero attached hydrogens (tertiary/aromatic N) is 2. The van der Waals surface area contributed by atoms with Crippen molar-refractivity contribution in [3.63, 3.8) is 0 Å². The van der Waals surface area contributed by atoms with Crippen LogP contribution in [-0.2, 0) is 14.6 Å². The Bertz CT molecular complexity index is 860. The second-order valence-corrected chi connectivity index (χ2v) is 8.28. The summed E-state index contributed by atoms with van der Waals surface area (Å²) in [5.74, 6) is -0.859. The van der Waals surface area contributed by atoms with Crippen LogP contribution in [0.25, 0.3) is 5.57 Å². The number of halogens is 1. The zero-order valence-electron chi connectivity index (χ0n) is 15.3. The molecule has 0 saturated heterocycles. The van der Waals surface area contributed by atoms with Crippen molar-refractivity contribution in [3.05, 3.63) is 35.2 Å². The highest BCUT2D eigenvalue weighted by Gasteiger charge is 2.28. The SMILES string of the molecule is CCOC(=O)c1c(C2=CCCC(F)C=C2)nc(S(C)(=O)=O)nc1C(C)C. The average Bonchev–Trinajstić information content (AvgIpc) is 2.77. The number of carbonyl (C=O) groups excluding carboxylic acids is 1. The van der Waals surface area contributed by atoms with Gasteiger partial charge in [0, 0.05) is 6.26 Å². The number of allylic oxidation sites excluding steroid dienone is 4. The molecule has 1 aromatic rings. The molecular weight excluding hydrogens is 359 g/mol. The van der Waals surface area contributed by atoms with Crippen LogP contribution in [0.2, 0.25) is 0 Å². The van der Waals surface area contributed by atoms with E-state index in [0.29, 0.717) is 24.1 Å². The van der Waals surface area contributed by atoms with E-state index in [2.05, 4.69) is 9.97 Å². The monoisotopic (exact) mass is 382 g/mol. The van der Waals surface area contributed by atoms with Crippen LogP contribution in [0.4, 0.5) is 4.39 Å². The Morgan fingerprint density at radius 1 is 1.38 bits per heavy atom. The number of aromatic nitrogens is 2. The zero-order valence-corrected chi connectivity index (χ0v) is 16.1. The summed E-state index contributed by atoms with van der Waals surface area (Å²) in [5, 5.41) is -0.361. The second-order valence-electron chi connectivity index (χ2n) is 6.37. The molecule has 0 spiro atoms. The highest BCUT2D eigenvalue weighted by atomic mass is 32.2. The molecule has 0 fully saturated rings. The lowest BCUT2D eigenvalue weighted by molar-refractivity contribution is 0.0522. The van der Waals surface area contributed by atoms with Crippen molar-refractivity contribution < 1.29 is 22.3 Å². The third-order valence-electron chi connectivity index (χ3n) is 3.84. The van der Waals surface area contributed by atoms with Gasteiger partial charge in [-0.05, 0) is 31.3 Å². The number of esters is 1. The summed E-state index contributed by atoms with van der Waals surface area (Å²) < 4.78 is 42.8. The molecule has 2 rings (SSSR count). The van der Waals surface area contributed by atoms with Gasteiger partial charge in [0.15, 0.2) is 0 Å². The molecule has 0 N–H and O–H groups in total. The molecule has 142 valence electrons. The van der Waals surface area contributed by atoms with E-state index in [1.165, 1.54) is 12.2 Å². The molecule has 1 atom stereocenters. The Kier molecular flexibility index (Phi) is 6.28. The third-order valence-corrected chi connectivity index (χ3v) is 4.69. The molecule has 0 aliphatic heterocycles. The number of carbonyl (C=O) groups is 1. The summed E-state index contributed by atoms with van der Waals surface area (Å²) in [4.78, 5) is 20.8. The van der Waals surface area contributed by atoms with E-state index in [1.54, 1.807) is 26.8 Å². The van der Waals surface area contributed by atoms with Gasteiger partial charge in [-0.2, -0.15) is 0 Å². The summed E-state index contributed by atoms with van der Waals surface area (Å²) in [6.07, 6.45) is 5.32. The van der Waals surface area contributed by atoms with Crippen molar-refractivity contribution in [2.24, 2.45) is 0 Å². The van der Waals surface area contributed by atoms with E-state index in [1.807, 2.05) is 0 Å². The van der Waals surface area contributed by atoms with Crippen molar-refractivity contribution >= 4 is 21.4 Å². The maximum atomic E-state index is 13.6. The Balaban J connectivity index is 2.80. The van der Waals surface area contributed by atoms with Crippen LogP contribution >= 0.6 is 0 Å². The Labute approximate surface area is 153 Å². The van der Waals surface area contributed by atoms with Crippen LogP contribution in [0.15, 0.2) is 23.4 Å². The third kappa shape index (κ3) is 4.55. The lowest BCUT2D eigenvalue weighted by Crippen LogP contribution is -2.19. The van der Waals surface area contributed by atoms with Gasteiger partial charge in [-0.25, -0.2) is 27.6 Å². The Morgan fingerprint density at radius 2 is 2.08 bits per heavy atom. The minimum atomic E-state index is -3.69. The van der Waals surface area contributed by atoms with Crippen LogP contribution in [0, 0.1) is 0 Å². The van der Waals surface area contributed by atoms with Crippen molar-refractivity contribution in [2.45, 2.75) is 50.9 Å². The Hall–Kier alpha value is -2.09. The predicted octanol–water partition coefficient (Wildman–Crippen LogP) is 3.25. The molecule has 6 nitrogen and oxygen atoms in total. The lowest BCUT2D eigenvalue weighted by atomic mass is 9.98. The molecule has 1 aromatic heterocycles. The molecule has 1 aliphatic rings. The molecule has 0 bridgehead atoms. The van der Waals surface area contributed by atoms with Crippen LogP contribution in [0.1, 0.15) is 61.3 Å². The van der Waals surface area contributed by atoms with Crippen LogP contribution in [-0.4, -0.2) is 43.4 Å². The molecule has 1 unspecified atom stereocenters. The molecular formula is C18H23FN2O4S. The molecule has 0 saturated carbocycles. The number of ether oxygens (including phenoxy) is 1. The molecule has 8 heteroatoms. The average molecular weight is 382 g/mol. The fourth-order valence-electron chi connectivity index (χ4n) is 2.60. The van der Waals surface area contributed by atoms with E-state index in [0.717, 1.165) is 6.26 Å². The first-order valence-corrected chi connectivity index (χ1v) is 10.4. The van der Waals surface area contributed by atoms with Gasteiger partial charge >= 0.3 is 5.97 Å². The highest BCUT2D eigenvalue weighted by molar-refractivity contribution is 7.90. The normalized spacial score (nSPS) is 17.8. The van der Waals surface area contributed by atoms with Gasteiger partial charge in [0.25, 0.3) is 0 Å². The van der Waals surface area contributed by atoms with E-state index >= 15 is 0 Å². The molecule has 1 heterocycles. The number of hydrogen-bond donors (Lipinski definition) is 0. The van der Waals surface area contributed by atoms with Gasteiger partial charge < -0.3 is 4.74 Å². The van der Waals surface area contributed by atoms with E-state index in [9.17, 15) is 17.6 Å². The molecule has 0 amide bonds. The van der Waals surface area contributed by atoms with Gasteiger partial charge in [-0.3, -0.25) is 0 Å². The molecule has 0 radical (unpaired) electrons. The first-order chi connectivity index (χ1) is 12.1. The summed E-state index contributed by atoms with van der Waals surface area (Å²) in [5.41, 5.74) is 1.07. The maximum absolute atomic E-state index is 13.6. The predicted molar refractivity (Wildman–Crippen MR) is 96.4 cm³/mol. The van der Waals surface area contributed by atoms with Crippen LogP contribution < -0.4 is 0 Å². The minimum absolute atomic E-state index is 0.127. The van der Waals surface area contributed by atoms with Gasteiger partial charge in [0.1, 0.15) is 11.7 Å². The fraction of sp³-hybridized carbons (Fsp3) is 0.500. The number of rotatable bonds is 5. The van der Waals surface area contributed by atoms with Crippen LogP contribution in [0.5, 0.6) is 0 Å². The first kappa shape index (κ1) is 20.2. The maximum Gasteiger partial charge on any atom is 0.342 e. The first-order valence-electron chi connectivity index (χ1n) is 8.47. The highest BCUT2D eigenvalue weighted by Crippen LogP contribution is 2.29. The number of alkyl halides is 1. The Morgan fingerprint density at radius 3 is 2.65 bits per heavy atom. The molecule has 26 heavy (non-hydrogen) atoms. The van der Waals surface area contributed by atoms with Gasteiger partial charge in [0.2, 0.25) is 15.0 Å². The van der Waals surface area contributed by atoms with E-state index < -0.39 is 22.0 Å². The van der Waals surface area contributed by atoms with Crippen LogP contribution in [0.3, 0.4) is 0 Å². The summed E-state index contributed by atoms with van der Waals surface area (Å²) in [6.45, 7) is 5.44. The summed E-state index contributed by atoms with van der Waals surface area (Å²) in [6, 6.07) is 0. The van der Waals surface area contributed by atoms with Crippen molar-refractivity contribution in [1.82, 2.24) is 9.97 Å². The minimum Gasteiger partial charge on any atom is -0.462 e. The molecule has 0 aromatic carbocycles. The fourth-order valence-corrected chi connectivity index (χ4v) is 3.12. The van der Waals surface area contributed by atoms with Crippen molar-refractivity contribution in [3.8, 4) is 0 Å². The zero-order chi connectivity index (χ0) is 19.5. The van der Waals surface area contributed by atoms with Gasteiger partial charge in [-0.15, -0.1) is 0 Å². The number of sulfone groups is 1. The van der Waals surface area contributed by atoms with Gasteiger partial charge in [0.05, 0.1) is 18.0 Å². The quantitative estimate of drug-likeness (QED) is 0.574. The smallest absolute Gasteiger partial charge is 0.342 e. The summed E-state index contributed by atoms with van der Waals surface area (Å²) >= 11 is 0. The largest absolute Gasteiger partial charge is 0.462 e. The second kappa shape index (κ2) is 8.07.